The van der Waals surface area contributed by atoms with E-state index in [1.54, 1.807) is 6.20 Å². The Kier molecular flexibility index (Phi) is 4.56. The summed E-state index contributed by atoms with van der Waals surface area (Å²) in [5, 5.41) is 0. The van der Waals surface area contributed by atoms with Gasteiger partial charge < -0.3 is 5.73 Å². The highest BCUT2D eigenvalue weighted by Gasteiger charge is 2.24. The second kappa shape index (κ2) is 7.71. The lowest BCUT2D eigenvalue weighted by atomic mass is 9.89. The maximum absolute atomic E-state index is 6.35. The zero-order valence-corrected chi connectivity index (χ0v) is 17.8. The van der Waals surface area contributed by atoms with E-state index in [4.69, 9.17) is 15.7 Å². The lowest BCUT2D eigenvalue weighted by molar-refractivity contribution is 0.428. The minimum absolute atomic E-state index is 0.455. The molecule has 1 aliphatic carbocycles. The number of anilines is 1. The molecule has 0 saturated heterocycles. The third-order valence-electron chi connectivity index (χ3n) is 6.47. The van der Waals surface area contributed by atoms with Crippen LogP contribution in [0.2, 0.25) is 0 Å². The number of nitrogen functional groups attached to an aromatic ring is 1. The number of nitrogens with two attached hydrogens (primary N) is 1. The molecule has 5 aromatic rings. The molecule has 0 radical (unpaired) electrons. The van der Waals surface area contributed by atoms with Gasteiger partial charge in [0.1, 0.15) is 22.9 Å². The summed E-state index contributed by atoms with van der Waals surface area (Å²) < 4.78 is 2.14. The summed E-state index contributed by atoms with van der Waals surface area (Å²) in [4.78, 5) is 19.0. The van der Waals surface area contributed by atoms with Gasteiger partial charge in [-0.05, 0) is 25.0 Å². The van der Waals surface area contributed by atoms with Crippen molar-refractivity contribution in [1.82, 2.24) is 24.3 Å². The highest BCUT2D eigenvalue weighted by molar-refractivity contribution is 5.90. The van der Waals surface area contributed by atoms with Crippen molar-refractivity contribution >= 4 is 22.4 Å². The van der Waals surface area contributed by atoms with Gasteiger partial charge in [-0.2, -0.15) is 0 Å². The van der Waals surface area contributed by atoms with Gasteiger partial charge in [0.25, 0.3) is 0 Å². The highest BCUT2D eigenvalue weighted by atomic mass is 15.1. The molecule has 0 aliphatic heterocycles. The molecule has 0 atom stereocenters. The second-order valence-electron chi connectivity index (χ2n) is 8.51. The number of aromatic nitrogens is 5. The van der Waals surface area contributed by atoms with E-state index in [1.807, 2.05) is 48.8 Å². The second-order valence-corrected chi connectivity index (χ2v) is 8.51. The van der Waals surface area contributed by atoms with E-state index in [0.29, 0.717) is 11.7 Å². The third kappa shape index (κ3) is 3.19. The number of imidazole rings is 1. The van der Waals surface area contributed by atoms with Crippen molar-refractivity contribution in [2.24, 2.45) is 0 Å². The van der Waals surface area contributed by atoms with Gasteiger partial charge in [-0.25, -0.2) is 15.0 Å². The lowest BCUT2D eigenvalue weighted by Gasteiger charge is -2.20. The zero-order valence-electron chi connectivity index (χ0n) is 17.8. The van der Waals surface area contributed by atoms with Crippen LogP contribution in [-0.2, 0) is 0 Å². The fourth-order valence-corrected chi connectivity index (χ4v) is 4.84. The smallest absolute Gasteiger partial charge is 0.150 e. The molecule has 6 heteroatoms. The van der Waals surface area contributed by atoms with Crippen molar-refractivity contribution in [3.63, 3.8) is 0 Å². The van der Waals surface area contributed by atoms with Crippen LogP contribution < -0.4 is 5.73 Å². The van der Waals surface area contributed by atoms with Gasteiger partial charge in [-0.3, -0.25) is 9.38 Å². The Labute approximate surface area is 186 Å². The molecule has 1 aliphatic rings. The quantitative estimate of drug-likeness (QED) is 0.409. The molecule has 0 bridgehead atoms. The Balaban J connectivity index is 1.51. The van der Waals surface area contributed by atoms with Gasteiger partial charge >= 0.3 is 0 Å². The summed E-state index contributed by atoms with van der Waals surface area (Å²) in [5.41, 5.74) is 12.7. The van der Waals surface area contributed by atoms with Gasteiger partial charge in [0.05, 0.1) is 22.9 Å². The molecule has 0 amide bonds. The third-order valence-corrected chi connectivity index (χ3v) is 6.47. The number of hydrogen-bond donors (Lipinski definition) is 1. The molecular weight excluding hydrogens is 396 g/mol. The molecule has 0 spiro atoms. The van der Waals surface area contributed by atoms with Crippen LogP contribution in [0.3, 0.4) is 0 Å². The minimum Gasteiger partial charge on any atom is -0.382 e. The molecule has 1 saturated carbocycles. The first-order valence-electron chi connectivity index (χ1n) is 11.2. The molecule has 158 valence electrons. The van der Waals surface area contributed by atoms with Crippen molar-refractivity contribution in [2.45, 2.75) is 38.0 Å². The van der Waals surface area contributed by atoms with Crippen LogP contribution in [0.1, 0.15) is 43.8 Å². The first kappa shape index (κ1) is 18.9. The van der Waals surface area contributed by atoms with Crippen LogP contribution in [0.4, 0.5) is 5.82 Å². The average molecular weight is 421 g/mol. The molecule has 0 unspecified atom stereocenters. The molecule has 2 aromatic carbocycles. The molecule has 3 aromatic heterocycles. The van der Waals surface area contributed by atoms with Crippen molar-refractivity contribution in [1.29, 1.82) is 0 Å². The summed E-state index contributed by atoms with van der Waals surface area (Å²) in [7, 11) is 0. The van der Waals surface area contributed by atoms with Crippen LogP contribution in [0.15, 0.2) is 67.1 Å². The SMILES string of the molecule is Nc1nccn2c(C3CCCCC3)nc(-c3ccc4ncc(-c5ccccc5)nc4c3)c12. The summed E-state index contributed by atoms with van der Waals surface area (Å²) in [5.74, 6) is 2.05. The number of fused-ring (bicyclic) bond motifs is 2. The standard InChI is InChI=1S/C26H24N6/c27-25-24-23(31-26(32(24)14-13-28-25)18-9-5-2-6-10-18)19-11-12-20-21(15-19)30-22(16-29-20)17-7-3-1-4-8-17/h1,3-4,7-8,11-16,18H,2,5-6,9-10H2,(H2,27,28). The summed E-state index contributed by atoms with van der Waals surface area (Å²) in [6.45, 7) is 0. The largest absolute Gasteiger partial charge is 0.382 e. The first-order chi connectivity index (χ1) is 15.8. The van der Waals surface area contributed by atoms with Gasteiger partial charge in [0.2, 0.25) is 0 Å². The van der Waals surface area contributed by atoms with E-state index in [9.17, 15) is 0 Å². The Morgan fingerprint density at radius 3 is 2.53 bits per heavy atom. The maximum Gasteiger partial charge on any atom is 0.150 e. The van der Waals surface area contributed by atoms with Crippen molar-refractivity contribution in [2.75, 3.05) is 5.73 Å². The summed E-state index contributed by atoms with van der Waals surface area (Å²) in [6.07, 6.45) is 11.7. The fraction of sp³-hybridized carbons (Fsp3) is 0.231. The first-order valence-corrected chi connectivity index (χ1v) is 11.2. The van der Waals surface area contributed by atoms with E-state index >= 15 is 0 Å². The van der Waals surface area contributed by atoms with Gasteiger partial charge in [0, 0.05) is 29.4 Å². The molecule has 3 heterocycles. The Bertz CT molecular complexity index is 1420. The average Bonchev–Trinajstić information content (AvgIpc) is 3.25. The minimum atomic E-state index is 0.455. The van der Waals surface area contributed by atoms with E-state index in [0.717, 1.165) is 44.9 Å². The zero-order chi connectivity index (χ0) is 21.5. The molecule has 6 rings (SSSR count). The highest BCUT2D eigenvalue weighted by Crippen LogP contribution is 2.37. The van der Waals surface area contributed by atoms with Gasteiger partial charge in [0.15, 0.2) is 0 Å². The fourth-order valence-electron chi connectivity index (χ4n) is 4.84. The number of rotatable bonds is 3. The Morgan fingerprint density at radius 1 is 0.844 bits per heavy atom. The molecule has 2 N–H and O–H groups in total. The van der Waals surface area contributed by atoms with Gasteiger partial charge in [-0.15, -0.1) is 0 Å². The van der Waals surface area contributed by atoms with Crippen molar-refractivity contribution in [3.05, 3.63) is 72.9 Å². The van der Waals surface area contributed by atoms with Crippen molar-refractivity contribution in [3.8, 4) is 22.5 Å². The predicted octanol–water partition coefficient (Wildman–Crippen LogP) is 5.64. The van der Waals surface area contributed by atoms with Crippen LogP contribution in [0.5, 0.6) is 0 Å². The Hall–Kier alpha value is -3.80. The van der Waals surface area contributed by atoms with E-state index in [1.165, 1.54) is 32.1 Å². The van der Waals surface area contributed by atoms with E-state index < -0.39 is 0 Å². The molecule has 32 heavy (non-hydrogen) atoms. The van der Waals surface area contributed by atoms with Gasteiger partial charge in [-0.1, -0.05) is 55.7 Å². The summed E-state index contributed by atoms with van der Waals surface area (Å²) in [6, 6.07) is 16.2. The van der Waals surface area contributed by atoms with Crippen LogP contribution in [0.25, 0.3) is 39.1 Å². The molecular formula is C26H24N6. The predicted molar refractivity (Wildman–Crippen MR) is 127 cm³/mol. The monoisotopic (exact) mass is 420 g/mol. The van der Waals surface area contributed by atoms with Crippen molar-refractivity contribution < 1.29 is 0 Å². The maximum atomic E-state index is 6.35. The molecule has 1 fully saturated rings. The number of benzene rings is 2. The Morgan fingerprint density at radius 2 is 1.69 bits per heavy atom. The normalized spacial score (nSPS) is 14.9. The van der Waals surface area contributed by atoms with E-state index in [2.05, 4.69) is 26.5 Å². The number of nitrogens with zero attached hydrogens (tertiary/aromatic N) is 5. The topological polar surface area (TPSA) is 82.0 Å². The van der Waals surface area contributed by atoms with Crippen LogP contribution >= 0.6 is 0 Å². The summed E-state index contributed by atoms with van der Waals surface area (Å²) >= 11 is 0. The lowest BCUT2D eigenvalue weighted by Crippen LogP contribution is -2.09. The van der Waals surface area contributed by atoms with Crippen LogP contribution in [0, 0.1) is 0 Å². The van der Waals surface area contributed by atoms with E-state index in [-0.39, 0.29) is 0 Å². The van der Waals surface area contributed by atoms with Crippen LogP contribution in [-0.4, -0.2) is 24.3 Å². The molecule has 6 nitrogen and oxygen atoms in total. The number of hydrogen-bond acceptors (Lipinski definition) is 5.